The number of phenols is 1. The molecule has 5 nitrogen and oxygen atoms in total. The van der Waals surface area contributed by atoms with Crippen molar-refractivity contribution in [3.05, 3.63) is 113 Å². The average molecular weight is 588 g/mol. The Balaban J connectivity index is 1.64. The van der Waals surface area contributed by atoms with Crippen LogP contribution in [0.5, 0.6) is 5.75 Å². The van der Waals surface area contributed by atoms with Gasteiger partial charge in [-0.2, -0.15) is 26.3 Å². The second kappa shape index (κ2) is 12.0. The fraction of sp³-hybridized carbons (Fsp3) is 0.161. The van der Waals surface area contributed by atoms with E-state index in [1.54, 1.807) is 0 Å². The van der Waals surface area contributed by atoms with E-state index in [-0.39, 0.29) is 34.2 Å². The zero-order valence-corrected chi connectivity index (χ0v) is 21.9. The summed E-state index contributed by atoms with van der Waals surface area (Å²) < 4.78 is 84.8. The maximum Gasteiger partial charge on any atom is 0.417 e. The third-order valence-corrected chi connectivity index (χ3v) is 6.52. The number of alkyl halides is 6. The Morgan fingerprint density at radius 3 is 2.07 bits per heavy atom. The number of ether oxygens (including phenoxy) is 1. The maximum absolute atomic E-state index is 13.5. The number of methoxy groups -OCH3 is 1. The molecule has 0 spiro atoms. The van der Waals surface area contributed by atoms with E-state index in [0.29, 0.717) is 5.56 Å². The fourth-order valence-corrected chi connectivity index (χ4v) is 4.39. The first-order chi connectivity index (χ1) is 19.8. The number of phenolic OH excluding ortho intramolecular Hbond substituents is 1. The van der Waals surface area contributed by atoms with Crippen molar-refractivity contribution in [2.45, 2.75) is 24.8 Å². The third kappa shape index (κ3) is 6.91. The molecule has 0 bridgehead atoms. The number of rotatable bonds is 7. The van der Waals surface area contributed by atoms with Crippen LogP contribution in [-0.4, -0.2) is 24.1 Å². The van der Waals surface area contributed by atoms with Crippen LogP contribution in [0, 0.1) is 0 Å². The van der Waals surface area contributed by atoms with Gasteiger partial charge < -0.3 is 15.2 Å². The van der Waals surface area contributed by atoms with Crippen LogP contribution in [0.3, 0.4) is 0 Å². The summed E-state index contributed by atoms with van der Waals surface area (Å²) in [6.07, 6.45) is -9.52. The Morgan fingerprint density at radius 1 is 0.786 bits per heavy atom. The van der Waals surface area contributed by atoms with Gasteiger partial charge in [0.2, 0.25) is 0 Å². The molecule has 0 aromatic heterocycles. The van der Waals surface area contributed by atoms with Gasteiger partial charge in [-0.3, -0.25) is 9.59 Å². The number of esters is 1. The van der Waals surface area contributed by atoms with Gasteiger partial charge in [0, 0.05) is 0 Å². The van der Waals surface area contributed by atoms with Crippen molar-refractivity contribution in [1.82, 2.24) is 5.32 Å². The average Bonchev–Trinajstić information content (AvgIpc) is 2.96. The Morgan fingerprint density at radius 2 is 1.43 bits per heavy atom. The number of carbonyl (C=O) groups excluding carboxylic acids is 2. The third-order valence-electron chi connectivity index (χ3n) is 6.52. The minimum Gasteiger partial charge on any atom is -0.507 e. The second-order valence-corrected chi connectivity index (χ2v) is 9.28. The highest BCUT2D eigenvalue weighted by molar-refractivity contribution is 5.98. The van der Waals surface area contributed by atoms with Crippen LogP contribution < -0.4 is 5.32 Å². The number of benzene rings is 4. The van der Waals surface area contributed by atoms with Gasteiger partial charge in [-0.05, 0) is 58.1 Å². The number of carbonyl (C=O) groups is 2. The van der Waals surface area contributed by atoms with Crippen LogP contribution in [0.15, 0.2) is 91.0 Å². The molecule has 0 heterocycles. The highest BCUT2D eigenvalue weighted by Crippen LogP contribution is 2.38. The molecule has 1 unspecified atom stereocenters. The number of halogens is 6. The van der Waals surface area contributed by atoms with Crippen LogP contribution in [0.1, 0.15) is 39.5 Å². The van der Waals surface area contributed by atoms with Gasteiger partial charge in [-0.15, -0.1) is 0 Å². The first kappa shape index (κ1) is 30.2. The molecular weight excluding hydrogens is 564 g/mol. The van der Waals surface area contributed by atoms with E-state index in [2.05, 4.69) is 5.32 Å². The van der Waals surface area contributed by atoms with E-state index >= 15 is 0 Å². The highest BCUT2D eigenvalue weighted by Gasteiger charge is 2.33. The first-order valence-electron chi connectivity index (χ1n) is 12.4. The van der Waals surface area contributed by atoms with Crippen molar-refractivity contribution < 1.29 is 45.8 Å². The summed E-state index contributed by atoms with van der Waals surface area (Å²) in [5, 5.41) is 13.0. The van der Waals surface area contributed by atoms with E-state index in [1.807, 2.05) is 0 Å². The largest absolute Gasteiger partial charge is 0.507 e. The molecule has 0 saturated heterocycles. The fourth-order valence-electron chi connectivity index (χ4n) is 4.39. The molecule has 0 aliphatic rings. The van der Waals surface area contributed by atoms with Crippen LogP contribution in [0.2, 0.25) is 0 Å². The van der Waals surface area contributed by atoms with Gasteiger partial charge in [0.1, 0.15) is 5.75 Å². The van der Waals surface area contributed by atoms with Crippen LogP contribution in [0.4, 0.5) is 26.3 Å². The van der Waals surface area contributed by atoms with Gasteiger partial charge in [0.25, 0.3) is 5.91 Å². The molecule has 0 radical (unpaired) electrons. The zero-order chi connectivity index (χ0) is 30.7. The SMILES string of the molecule is COC(=O)CC(NC(=O)c1cc(-c2cccc(C(F)(F)F)c2)ccc1O)c1ccc(-c2ccccc2C(F)(F)F)cc1. The molecule has 0 aliphatic heterocycles. The van der Waals surface area contributed by atoms with Crippen LogP contribution >= 0.6 is 0 Å². The van der Waals surface area contributed by atoms with Gasteiger partial charge >= 0.3 is 18.3 Å². The minimum absolute atomic E-state index is 0.0542. The molecule has 4 rings (SSSR count). The highest BCUT2D eigenvalue weighted by atomic mass is 19.4. The van der Waals surface area contributed by atoms with E-state index in [1.165, 1.54) is 66.7 Å². The Hall–Kier alpha value is -4.80. The molecule has 0 aliphatic carbocycles. The molecule has 0 saturated carbocycles. The predicted octanol–water partition coefficient (Wildman–Crippen LogP) is 7.80. The molecule has 1 amide bonds. The monoisotopic (exact) mass is 587 g/mol. The summed E-state index contributed by atoms with van der Waals surface area (Å²) in [5.74, 6) is -2.00. The molecule has 4 aromatic rings. The van der Waals surface area contributed by atoms with E-state index in [9.17, 15) is 41.0 Å². The quantitative estimate of drug-likeness (QED) is 0.171. The van der Waals surface area contributed by atoms with Crippen LogP contribution in [0.25, 0.3) is 22.3 Å². The number of amides is 1. The topological polar surface area (TPSA) is 75.6 Å². The van der Waals surface area contributed by atoms with Gasteiger partial charge in [0.15, 0.2) is 0 Å². The number of hydrogen-bond donors (Lipinski definition) is 2. The van der Waals surface area contributed by atoms with Gasteiger partial charge in [-0.25, -0.2) is 0 Å². The van der Waals surface area contributed by atoms with Crippen molar-refractivity contribution >= 4 is 11.9 Å². The molecule has 218 valence electrons. The molecule has 11 heteroatoms. The van der Waals surface area contributed by atoms with Crippen molar-refractivity contribution in [2.24, 2.45) is 0 Å². The molecule has 42 heavy (non-hydrogen) atoms. The summed E-state index contributed by atoms with van der Waals surface area (Å²) in [5.41, 5.74) is -1.05. The standard InChI is InChI=1S/C31H23F6NO4/c1-42-28(40)17-26(19-11-9-18(10-12-19)23-7-2-3-8-25(23)31(35,36)37)38-29(41)24-16-21(13-14-27(24)39)20-5-4-6-22(15-20)30(32,33)34/h2-16,26,39H,17H2,1H3,(H,38,41). The Bertz CT molecular complexity index is 1600. The van der Waals surface area contributed by atoms with Crippen LogP contribution in [-0.2, 0) is 21.9 Å². The van der Waals surface area contributed by atoms with E-state index < -0.39 is 47.1 Å². The van der Waals surface area contributed by atoms with Crippen molar-refractivity contribution in [3.8, 4) is 28.0 Å². The van der Waals surface area contributed by atoms with Crippen molar-refractivity contribution in [2.75, 3.05) is 7.11 Å². The van der Waals surface area contributed by atoms with E-state index in [0.717, 1.165) is 31.4 Å². The molecule has 1 atom stereocenters. The van der Waals surface area contributed by atoms with E-state index in [4.69, 9.17) is 4.74 Å². The van der Waals surface area contributed by atoms with Crippen molar-refractivity contribution in [1.29, 1.82) is 0 Å². The van der Waals surface area contributed by atoms with Crippen molar-refractivity contribution in [3.63, 3.8) is 0 Å². The lowest BCUT2D eigenvalue weighted by Crippen LogP contribution is -2.30. The molecule has 4 aromatic carbocycles. The van der Waals surface area contributed by atoms with Gasteiger partial charge in [-0.1, -0.05) is 60.7 Å². The Labute approximate surface area is 236 Å². The smallest absolute Gasteiger partial charge is 0.417 e. The normalized spacial score (nSPS) is 12.5. The first-order valence-corrected chi connectivity index (χ1v) is 12.4. The Kier molecular flexibility index (Phi) is 8.60. The zero-order valence-electron chi connectivity index (χ0n) is 21.9. The number of hydrogen-bond acceptors (Lipinski definition) is 4. The van der Waals surface area contributed by atoms with Gasteiger partial charge in [0.05, 0.1) is 36.3 Å². The number of nitrogens with one attached hydrogen (secondary N) is 1. The summed E-state index contributed by atoms with van der Waals surface area (Å²) in [4.78, 5) is 25.4. The minimum atomic E-state index is -4.58. The molecule has 0 fully saturated rings. The second-order valence-electron chi connectivity index (χ2n) is 9.28. The lowest BCUT2D eigenvalue weighted by Gasteiger charge is -2.20. The lowest BCUT2D eigenvalue weighted by atomic mass is 9.95. The summed E-state index contributed by atoms with van der Waals surface area (Å²) in [6, 6.07) is 17.9. The summed E-state index contributed by atoms with van der Waals surface area (Å²) in [7, 11) is 1.14. The molecular formula is C31H23F6NO4. The lowest BCUT2D eigenvalue weighted by molar-refractivity contribution is -0.141. The number of aromatic hydroxyl groups is 1. The predicted molar refractivity (Wildman–Crippen MR) is 142 cm³/mol. The maximum atomic E-state index is 13.5. The summed E-state index contributed by atoms with van der Waals surface area (Å²) in [6.45, 7) is 0. The summed E-state index contributed by atoms with van der Waals surface area (Å²) >= 11 is 0. The molecule has 2 N–H and O–H groups in total.